The predicted octanol–water partition coefficient (Wildman–Crippen LogP) is 5.59. The zero-order valence-electron chi connectivity index (χ0n) is 10.2. The van der Waals surface area contributed by atoms with Gasteiger partial charge >= 0.3 is 6.18 Å². The Morgan fingerprint density at radius 2 is 1.81 bits per heavy atom. The Labute approximate surface area is 131 Å². The maximum absolute atomic E-state index is 13.2. The van der Waals surface area contributed by atoms with Gasteiger partial charge in [0, 0.05) is 16.2 Å². The Morgan fingerprint density at radius 3 is 2.43 bits per heavy atom. The SMILES string of the molecule is Nc1cc(F)c(Cl)cc1Nc1ccc(Br)c(C(F)(F)F)c1. The smallest absolute Gasteiger partial charge is 0.397 e. The van der Waals surface area contributed by atoms with Gasteiger partial charge in [0.2, 0.25) is 0 Å². The molecule has 0 aliphatic carbocycles. The molecule has 21 heavy (non-hydrogen) atoms. The molecule has 0 saturated carbocycles. The highest BCUT2D eigenvalue weighted by Crippen LogP contribution is 2.37. The molecule has 0 fully saturated rings. The molecule has 0 saturated heterocycles. The Balaban J connectivity index is 2.39. The molecule has 2 nitrogen and oxygen atoms in total. The molecule has 0 unspecified atom stereocenters. The number of hydrogen-bond donors (Lipinski definition) is 2. The van der Waals surface area contributed by atoms with E-state index in [1.165, 1.54) is 18.2 Å². The van der Waals surface area contributed by atoms with Crippen molar-refractivity contribution >= 4 is 44.6 Å². The summed E-state index contributed by atoms with van der Waals surface area (Å²) in [6.45, 7) is 0. The highest BCUT2D eigenvalue weighted by atomic mass is 79.9. The van der Waals surface area contributed by atoms with Gasteiger partial charge in [0.25, 0.3) is 0 Å². The number of rotatable bonds is 2. The van der Waals surface area contributed by atoms with Crippen molar-refractivity contribution in [1.29, 1.82) is 0 Å². The fraction of sp³-hybridized carbons (Fsp3) is 0.0769. The van der Waals surface area contributed by atoms with E-state index in [2.05, 4.69) is 21.2 Å². The maximum atomic E-state index is 13.2. The van der Waals surface area contributed by atoms with Crippen molar-refractivity contribution in [3.05, 3.63) is 51.2 Å². The lowest BCUT2D eigenvalue weighted by Crippen LogP contribution is -2.07. The van der Waals surface area contributed by atoms with Gasteiger partial charge in [-0.05, 0) is 24.3 Å². The van der Waals surface area contributed by atoms with Crippen molar-refractivity contribution in [2.24, 2.45) is 0 Å². The van der Waals surface area contributed by atoms with Crippen LogP contribution in [0.15, 0.2) is 34.8 Å². The zero-order chi connectivity index (χ0) is 15.8. The van der Waals surface area contributed by atoms with E-state index in [9.17, 15) is 17.6 Å². The van der Waals surface area contributed by atoms with Crippen molar-refractivity contribution in [2.45, 2.75) is 6.18 Å². The molecule has 2 aromatic carbocycles. The second-order valence-electron chi connectivity index (χ2n) is 4.17. The first-order valence-corrected chi connectivity index (χ1v) is 6.74. The van der Waals surface area contributed by atoms with Crippen molar-refractivity contribution in [3.8, 4) is 0 Å². The van der Waals surface area contributed by atoms with E-state index in [1.807, 2.05) is 0 Å². The summed E-state index contributed by atoms with van der Waals surface area (Å²) in [5, 5.41) is 2.50. The third-order valence-corrected chi connectivity index (χ3v) is 3.62. The minimum atomic E-state index is -4.50. The third-order valence-electron chi connectivity index (χ3n) is 2.64. The fourth-order valence-electron chi connectivity index (χ4n) is 1.65. The van der Waals surface area contributed by atoms with Crippen LogP contribution in [0.1, 0.15) is 5.56 Å². The van der Waals surface area contributed by atoms with Crippen LogP contribution in [0.3, 0.4) is 0 Å². The molecule has 0 radical (unpaired) electrons. The minimum Gasteiger partial charge on any atom is -0.397 e. The largest absolute Gasteiger partial charge is 0.417 e. The molecule has 0 spiro atoms. The Bertz CT molecular complexity index is 689. The molecular weight excluding hydrogens is 376 g/mol. The summed E-state index contributed by atoms with van der Waals surface area (Å²) in [4.78, 5) is 0. The Hall–Kier alpha value is -1.47. The van der Waals surface area contributed by atoms with Gasteiger partial charge in [-0.2, -0.15) is 13.2 Å². The van der Waals surface area contributed by atoms with Crippen molar-refractivity contribution in [2.75, 3.05) is 11.1 Å². The predicted molar refractivity (Wildman–Crippen MR) is 78.2 cm³/mol. The number of benzene rings is 2. The summed E-state index contributed by atoms with van der Waals surface area (Å²) in [5.74, 6) is -0.702. The number of nitrogen functional groups attached to an aromatic ring is 1. The lowest BCUT2D eigenvalue weighted by Gasteiger charge is -2.14. The summed E-state index contributed by atoms with van der Waals surface area (Å²) in [6.07, 6.45) is -4.50. The second-order valence-corrected chi connectivity index (χ2v) is 5.43. The van der Waals surface area contributed by atoms with Crippen LogP contribution in [0, 0.1) is 5.82 Å². The van der Waals surface area contributed by atoms with E-state index in [0.29, 0.717) is 0 Å². The van der Waals surface area contributed by atoms with Gasteiger partial charge in [0.1, 0.15) is 5.82 Å². The van der Waals surface area contributed by atoms with E-state index >= 15 is 0 Å². The summed E-state index contributed by atoms with van der Waals surface area (Å²) in [6, 6.07) is 5.80. The van der Waals surface area contributed by atoms with Gasteiger partial charge < -0.3 is 11.1 Å². The van der Waals surface area contributed by atoms with Gasteiger partial charge in [-0.25, -0.2) is 4.39 Å². The van der Waals surface area contributed by atoms with Crippen molar-refractivity contribution in [1.82, 2.24) is 0 Å². The maximum Gasteiger partial charge on any atom is 0.417 e. The van der Waals surface area contributed by atoms with E-state index in [-0.39, 0.29) is 26.6 Å². The summed E-state index contributed by atoms with van der Waals surface area (Å²) < 4.78 is 51.5. The van der Waals surface area contributed by atoms with Crippen molar-refractivity contribution in [3.63, 3.8) is 0 Å². The highest BCUT2D eigenvalue weighted by molar-refractivity contribution is 9.10. The van der Waals surface area contributed by atoms with Crippen molar-refractivity contribution < 1.29 is 17.6 Å². The van der Waals surface area contributed by atoms with E-state index in [4.69, 9.17) is 17.3 Å². The molecule has 0 aliphatic heterocycles. The highest BCUT2D eigenvalue weighted by Gasteiger charge is 2.33. The average Bonchev–Trinajstić information content (AvgIpc) is 2.37. The van der Waals surface area contributed by atoms with Gasteiger partial charge in [0.05, 0.1) is 22.0 Å². The van der Waals surface area contributed by atoms with Gasteiger partial charge in [-0.3, -0.25) is 0 Å². The Morgan fingerprint density at radius 1 is 1.14 bits per heavy atom. The third kappa shape index (κ3) is 3.59. The number of alkyl halides is 3. The monoisotopic (exact) mass is 382 g/mol. The Kier molecular flexibility index (Phi) is 4.34. The standard InChI is InChI=1S/C13H8BrClF4N2/c14-8-2-1-6(3-7(8)13(17,18)19)21-12-4-9(15)10(16)5-11(12)20/h1-5,21H,20H2. The van der Waals surface area contributed by atoms with Crippen LogP contribution in [0.4, 0.5) is 34.6 Å². The number of anilines is 3. The summed E-state index contributed by atoms with van der Waals surface area (Å²) in [5.41, 5.74) is 5.17. The van der Waals surface area contributed by atoms with E-state index in [1.54, 1.807) is 0 Å². The van der Waals surface area contributed by atoms with Gasteiger partial charge in [0.15, 0.2) is 0 Å². The number of nitrogens with one attached hydrogen (secondary N) is 1. The zero-order valence-corrected chi connectivity index (χ0v) is 12.6. The quantitative estimate of drug-likeness (QED) is 0.524. The first-order valence-electron chi connectivity index (χ1n) is 5.57. The topological polar surface area (TPSA) is 38.0 Å². The summed E-state index contributed by atoms with van der Waals surface area (Å²) in [7, 11) is 0. The number of halogens is 6. The molecule has 2 aromatic rings. The normalized spacial score (nSPS) is 11.5. The first kappa shape index (κ1) is 15.9. The lowest BCUT2D eigenvalue weighted by atomic mass is 10.2. The summed E-state index contributed by atoms with van der Waals surface area (Å²) >= 11 is 8.47. The van der Waals surface area contributed by atoms with Crippen LogP contribution in [-0.2, 0) is 6.18 Å². The van der Waals surface area contributed by atoms with Gasteiger partial charge in [-0.15, -0.1) is 0 Å². The van der Waals surface area contributed by atoms with E-state index < -0.39 is 17.6 Å². The van der Waals surface area contributed by atoms with Gasteiger partial charge in [-0.1, -0.05) is 27.5 Å². The van der Waals surface area contributed by atoms with Crippen LogP contribution in [0.5, 0.6) is 0 Å². The molecule has 2 rings (SSSR count). The molecule has 112 valence electrons. The van der Waals surface area contributed by atoms with Crippen LogP contribution in [-0.4, -0.2) is 0 Å². The molecule has 0 atom stereocenters. The fourth-order valence-corrected chi connectivity index (χ4v) is 2.28. The lowest BCUT2D eigenvalue weighted by molar-refractivity contribution is -0.138. The van der Waals surface area contributed by atoms with Crippen LogP contribution < -0.4 is 11.1 Å². The molecule has 0 bridgehead atoms. The molecule has 8 heteroatoms. The van der Waals surface area contributed by atoms with E-state index in [0.717, 1.165) is 12.1 Å². The number of hydrogen-bond acceptors (Lipinski definition) is 2. The molecule has 0 aliphatic rings. The molecular formula is C13H8BrClF4N2. The first-order chi connectivity index (χ1) is 9.68. The molecule has 0 amide bonds. The molecule has 3 N–H and O–H groups in total. The second kappa shape index (κ2) is 5.73. The van der Waals surface area contributed by atoms with Crippen LogP contribution in [0.25, 0.3) is 0 Å². The van der Waals surface area contributed by atoms with Crippen LogP contribution >= 0.6 is 27.5 Å². The minimum absolute atomic E-state index is 0.0355. The van der Waals surface area contributed by atoms with Crippen LogP contribution in [0.2, 0.25) is 5.02 Å². The average molecular weight is 384 g/mol. The number of nitrogens with two attached hydrogens (primary N) is 1. The molecule has 0 heterocycles. The molecule has 0 aromatic heterocycles.